The number of aryl methyl sites for hydroxylation is 1. The van der Waals surface area contributed by atoms with Crippen molar-refractivity contribution in [2.75, 3.05) is 12.4 Å². The Bertz CT molecular complexity index is 1240. The molecule has 6 nitrogen and oxygen atoms in total. The lowest BCUT2D eigenvalue weighted by Crippen LogP contribution is -2.28. The molecular weight excluding hydrogens is 405 g/mol. The first-order valence-electron chi connectivity index (χ1n) is 9.68. The maximum atomic E-state index is 14.5. The number of aromatic nitrogens is 4. The summed E-state index contributed by atoms with van der Waals surface area (Å²) in [6.07, 6.45) is 7.11. The predicted molar refractivity (Wildman–Crippen MR) is 115 cm³/mol. The van der Waals surface area contributed by atoms with E-state index in [1.807, 2.05) is 12.1 Å². The molecule has 1 aliphatic carbocycles. The van der Waals surface area contributed by atoms with Crippen LogP contribution in [0.15, 0.2) is 42.9 Å². The number of halogens is 2. The number of rotatable bonds is 4. The van der Waals surface area contributed by atoms with Crippen LogP contribution in [0.5, 0.6) is 5.75 Å². The lowest BCUT2D eigenvalue weighted by molar-refractivity contribution is 0.413. The third kappa shape index (κ3) is 3.45. The summed E-state index contributed by atoms with van der Waals surface area (Å²) in [6, 6.07) is 7.99. The van der Waals surface area contributed by atoms with E-state index in [2.05, 4.69) is 31.3 Å². The van der Waals surface area contributed by atoms with Gasteiger partial charge in [0, 0.05) is 29.4 Å². The second kappa shape index (κ2) is 7.57. The Morgan fingerprint density at radius 3 is 2.97 bits per heavy atom. The van der Waals surface area contributed by atoms with Gasteiger partial charge in [0.15, 0.2) is 17.5 Å². The van der Waals surface area contributed by atoms with Crippen molar-refractivity contribution in [2.24, 2.45) is 0 Å². The summed E-state index contributed by atoms with van der Waals surface area (Å²) in [7, 11) is 1.66. The average molecular weight is 424 g/mol. The fourth-order valence-electron chi connectivity index (χ4n) is 3.94. The van der Waals surface area contributed by atoms with Crippen LogP contribution in [0.4, 0.5) is 10.2 Å². The highest BCUT2D eigenvalue weighted by molar-refractivity contribution is 6.31. The Hall–Kier alpha value is -3.19. The van der Waals surface area contributed by atoms with Gasteiger partial charge in [-0.15, -0.1) is 0 Å². The number of fused-ring (bicyclic) bond motifs is 2. The van der Waals surface area contributed by atoms with Crippen molar-refractivity contribution in [2.45, 2.75) is 25.3 Å². The van der Waals surface area contributed by atoms with Crippen LogP contribution in [-0.2, 0) is 12.8 Å². The van der Waals surface area contributed by atoms with Gasteiger partial charge in [-0.2, -0.15) is 0 Å². The third-order valence-electron chi connectivity index (χ3n) is 5.47. The molecule has 0 radical (unpaired) electrons. The van der Waals surface area contributed by atoms with E-state index in [1.54, 1.807) is 25.6 Å². The van der Waals surface area contributed by atoms with Gasteiger partial charge in [-0.3, -0.25) is 0 Å². The Kier molecular flexibility index (Phi) is 4.75. The van der Waals surface area contributed by atoms with Crippen molar-refractivity contribution in [3.8, 4) is 17.1 Å². The smallest absolute Gasteiger partial charge is 0.183 e. The molecule has 5 rings (SSSR count). The molecule has 0 fully saturated rings. The second-order valence-electron chi connectivity index (χ2n) is 7.36. The minimum absolute atomic E-state index is 0.0703. The molecule has 3 aromatic heterocycles. The second-order valence-corrected chi connectivity index (χ2v) is 7.80. The van der Waals surface area contributed by atoms with E-state index in [0.717, 1.165) is 36.0 Å². The first-order chi connectivity index (χ1) is 14.6. The summed E-state index contributed by atoms with van der Waals surface area (Å²) in [6.45, 7) is 0. The van der Waals surface area contributed by atoms with E-state index in [9.17, 15) is 4.39 Å². The standard InChI is InChI=1S/C22H19ClFN5O/c1-30-16-5-3-12-2-4-15(6-13(12)7-16)28-22-19(24)11-27-21(29-22)18-10-26-20-17(18)8-14(23)9-25-20/h3,5,7-11,15H,2,4,6H2,1H3,(H,25,26)(H,27,28,29). The zero-order chi connectivity index (χ0) is 20.7. The van der Waals surface area contributed by atoms with E-state index in [1.165, 1.54) is 17.3 Å². The van der Waals surface area contributed by atoms with Gasteiger partial charge in [-0.1, -0.05) is 17.7 Å². The molecule has 30 heavy (non-hydrogen) atoms. The number of hydrogen-bond acceptors (Lipinski definition) is 5. The topological polar surface area (TPSA) is 75.7 Å². The van der Waals surface area contributed by atoms with Crippen LogP contribution in [0.3, 0.4) is 0 Å². The number of aromatic amines is 1. The number of benzene rings is 1. The van der Waals surface area contributed by atoms with Crippen molar-refractivity contribution in [3.63, 3.8) is 0 Å². The SMILES string of the molecule is COc1ccc2c(c1)CC(Nc1nc(-c3c[nH]c4ncc(Cl)cc34)ncc1F)CC2. The van der Waals surface area contributed by atoms with Crippen molar-refractivity contribution in [3.05, 3.63) is 64.8 Å². The molecule has 0 aliphatic heterocycles. The maximum Gasteiger partial charge on any atom is 0.183 e. The van der Waals surface area contributed by atoms with Gasteiger partial charge in [-0.05, 0) is 48.6 Å². The van der Waals surface area contributed by atoms with Gasteiger partial charge >= 0.3 is 0 Å². The average Bonchev–Trinajstić information content (AvgIpc) is 3.17. The number of methoxy groups -OCH3 is 1. The summed E-state index contributed by atoms with van der Waals surface area (Å²) in [5, 5.41) is 4.57. The van der Waals surface area contributed by atoms with Crippen molar-refractivity contribution in [1.82, 2.24) is 19.9 Å². The minimum atomic E-state index is -0.480. The maximum absolute atomic E-state index is 14.5. The Morgan fingerprint density at radius 1 is 1.20 bits per heavy atom. The lowest BCUT2D eigenvalue weighted by atomic mass is 9.88. The summed E-state index contributed by atoms with van der Waals surface area (Å²) < 4.78 is 19.8. The molecule has 0 bridgehead atoms. The van der Waals surface area contributed by atoms with E-state index >= 15 is 0 Å². The molecule has 0 saturated heterocycles. The summed E-state index contributed by atoms with van der Waals surface area (Å²) >= 11 is 6.08. The number of hydrogen-bond donors (Lipinski definition) is 2. The lowest BCUT2D eigenvalue weighted by Gasteiger charge is -2.26. The van der Waals surface area contributed by atoms with Crippen LogP contribution in [0.1, 0.15) is 17.5 Å². The van der Waals surface area contributed by atoms with Crippen LogP contribution < -0.4 is 10.1 Å². The van der Waals surface area contributed by atoms with Gasteiger partial charge in [0.05, 0.1) is 18.3 Å². The van der Waals surface area contributed by atoms with E-state index in [-0.39, 0.29) is 11.9 Å². The van der Waals surface area contributed by atoms with Crippen LogP contribution in [0.25, 0.3) is 22.4 Å². The van der Waals surface area contributed by atoms with E-state index in [4.69, 9.17) is 16.3 Å². The molecule has 2 N–H and O–H groups in total. The molecule has 1 aromatic carbocycles. The Labute approximate surface area is 177 Å². The molecule has 4 aromatic rings. The number of nitrogens with zero attached hydrogens (tertiary/aromatic N) is 3. The quantitative estimate of drug-likeness (QED) is 0.493. The normalized spacial score (nSPS) is 15.8. The van der Waals surface area contributed by atoms with Crippen LogP contribution in [0.2, 0.25) is 5.02 Å². The summed E-state index contributed by atoms with van der Waals surface area (Å²) in [5.41, 5.74) is 3.92. The third-order valence-corrected chi connectivity index (χ3v) is 5.67. The molecule has 1 atom stereocenters. The fraction of sp³-hybridized carbons (Fsp3) is 0.227. The minimum Gasteiger partial charge on any atom is -0.497 e. The number of ether oxygens (including phenoxy) is 1. The molecule has 1 unspecified atom stereocenters. The number of anilines is 1. The highest BCUT2D eigenvalue weighted by atomic mass is 35.5. The molecular formula is C22H19ClFN5O. The zero-order valence-electron chi connectivity index (χ0n) is 16.2. The predicted octanol–water partition coefficient (Wildman–Crippen LogP) is 4.79. The Morgan fingerprint density at radius 2 is 2.10 bits per heavy atom. The van der Waals surface area contributed by atoms with Crippen LogP contribution in [0, 0.1) is 5.82 Å². The Balaban J connectivity index is 1.43. The molecule has 0 amide bonds. The van der Waals surface area contributed by atoms with Gasteiger partial charge in [-0.25, -0.2) is 19.3 Å². The van der Waals surface area contributed by atoms with Gasteiger partial charge in [0.25, 0.3) is 0 Å². The summed E-state index contributed by atoms with van der Waals surface area (Å²) in [4.78, 5) is 16.0. The van der Waals surface area contributed by atoms with E-state index < -0.39 is 5.82 Å². The van der Waals surface area contributed by atoms with Gasteiger partial charge < -0.3 is 15.0 Å². The first kappa shape index (κ1) is 18.8. The molecule has 8 heteroatoms. The van der Waals surface area contributed by atoms with Crippen molar-refractivity contribution >= 4 is 28.5 Å². The molecule has 0 saturated carbocycles. The molecule has 0 spiro atoms. The number of H-pyrrole nitrogens is 1. The van der Waals surface area contributed by atoms with Gasteiger partial charge in [0.1, 0.15) is 11.4 Å². The van der Waals surface area contributed by atoms with Crippen molar-refractivity contribution in [1.29, 1.82) is 0 Å². The monoisotopic (exact) mass is 423 g/mol. The molecule has 3 heterocycles. The number of pyridine rings is 1. The van der Waals surface area contributed by atoms with E-state index in [0.29, 0.717) is 16.5 Å². The zero-order valence-corrected chi connectivity index (χ0v) is 17.0. The first-order valence-corrected chi connectivity index (χ1v) is 10.1. The van der Waals surface area contributed by atoms with Crippen LogP contribution in [-0.4, -0.2) is 33.1 Å². The fourth-order valence-corrected chi connectivity index (χ4v) is 4.10. The highest BCUT2D eigenvalue weighted by Gasteiger charge is 2.21. The number of nitrogens with one attached hydrogen (secondary N) is 2. The van der Waals surface area contributed by atoms with Crippen LogP contribution >= 0.6 is 11.6 Å². The van der Waals surface area contributed by atoms with Gasteiger partial charge in [0.2, 0.25) is 0 Å². The molecule has 1 aliphatic rings. The summed E-state index contributed by atoms with van der Waals surface area (Å²) in [5.74, 6) is 0.954. The van der Waals surface area contributed by atoms with Crippen molar-refractivity contribution < 1.29 is 9.13 Å². The highest BCUT2D eigenvalue weighted by Crippen LogP contribution is 2.30. The largest absolute Gasteiger partial charge is 0.497 e. The molecule has 152 valence electrons.